The molecule has 0 spiro atoms. The number of amides is 1. The summed E-state index contributed by atoms with van der Waals surface area (Å²) in [5, 5.41) is 2.98. The van der Waals surface area contributed by atoms with E-state index in [0.29, 0.717) is 56.6 Å². The molecule has 1 amide bonds. The molecule has 2 heterocycles. The highest BCUT2D eigenvalue weighted by Crippen LogP contribution is 2.28. The van der Waals surface area contributed by atoms with E-state index in [2.05, 4.69) is 15.2 Å². The molecule has 0 unspecified atom stereocenters. The van der Waals surface area contributed by atoms with E-state index < -0.39 is 0 Å². The average molecular weight is 478 g/mol. The summed E-state index contributed by atoms with van der Waals surface area (Å²) in [6, 6.07) is 18.7. The number of benzene rings is 2. The van der Waals surface area contributed by atoms with Crippen LogP contribution in [0.4, 0.5) is 5.82 Å². The Morgan fingerprint density at radius 1 is 0.971 bits per heavy atom. The first kappa shape index (κ1) is 24.3. The fourth-order valence-electron chi connectivity index (χ4n) is 3.69. The van der Waals surface area contributed by atoms with Crippen molar-refractivity contribution in [1.29, 1.82) is 0 Å². The number of rotatable bonds is 11. The lowest BCUT2D eigenvalue weighted by molar-refractivity contribution is 0.0950. The van der Waals surface area contributed by atoms with Gasteiger partial charge in [-0.3, -0.25) is 4.79 Å². The van der Waals surface area contributed by atoms with Gasteiger partial charge in [-0.2, -0.15) is 0 Å². The number of morpholine rings is 1. The van der Waals surface area contributed by atoms with Gasteiger partial charge in [0.05, 0.1) is 19.8 Å². The highest BCUT2D eigenvalue weighted by atomic mass is 16.5. The number of pyridine rings is 1. The molecule has 1 aliphatic rings. The molecule has 1 aromatic heterocycles. The number of nitrogens with zero attached hydrogens (tertiary/aromatic N) is 2. The van der Waals surface area contributed by atoms with Crippen molar-refractivity contribution in [1.82, 2.24) is 10.3 Å². The van der Waals surface area contributed by atoms with Gasteiger partial charge in [0.15, 0.2) is 11.5 Å². The van der Waals surface area contributed by atoms with Gasteiger partial charge in [0.1, 0.15) is 24.8 Å². The van der Waals surface area contributed by atoms with Crippen molar-refractivity contribution in [2.24, 2.45) is 0 Å². The van der Waals surface area contributed by atoms with E-state index in [1.807, 2.05) is 49.4 Å². The number of anilines is 1. The quantitative estimate of drug-likeness (QED) is 0.422. The van der Waals surface area contributed by atoms with Crippen LogP contribution in [0.1, 0.15) is 22.8 Å². The van der Waals surface area contributed by atoms with E-state index in [-0.39, 0.29) is 5.91 Å². The molecule has 1 N–H and O–H groups in total. The van der Waals surface area contributed by atoms with Gasteiger partial charge in [-0.05, 0) is 55.0 Å². The molecule has 0 bridgehead atoms. The molecule has 4 rings (SSSR count). The predicted octanol–water partition coefficient (Wildman–Crippen LogP) is 3.70. The van der Waals surface area contributed by atoms with Crippen LogP contribution in [-0.4, -0.2) is 57.0 Å². The number of hydrogen-bond acceptors (Lipinski definition) is 7. The number of aromatic nitrogens is 1. The maximum atomic E-state index is 12.8. The summed E-state index contributed by atoms with van der Waals surface area (Å²) in [6.45, 7) is 6.54. The summed E-state index contributed by atoms with van der Waals surface area (Å²) in [4.78, 5) is 19.5. The Kier molecular flexibility index (Phi) is 8.78. The Labute approximate surface area is 205 Å². The third kappa shape index (κ3) is 7.10. The van der Waals surface area contributed by atoms with Crippen LogP contribution in [0.15, 0.2) is 66.9 Å². The van der Waals surface area contributed by atoms with Crippen molar-refractivity contribution in [2.45, 2.75) is 13.5 Å². The van der Waals surface area contributed by atoms with Gasteiger partial charge in [-0.25, -0.2) is 4.98 Å². The minimum atomic E-state index is -0.186. The molecule has 1 aliphatic heterocycles. The highest BCUT2D eigenvalue weighted by molar-refractivity contribution is 5.94. The molecule has 8 nitrogen and oxygen atoms in total. The standard InChI is InChI=1S/C27H31N3O5/c1-2-33-25-19-22(8-9-24(25)35-17-16-34-23-6-4-3-5-7-23)27(31)29-20-21-10-11-28-26(18-21)30-12-14-32-15-13-30/h3-11,18-19H,2,12-17,20H2,1H3,(H,29,31). The first-order valence-corrected chi connectivity index (χ1v) is 11.9. The SMILES string of the molecule is CCOc1cc(C(=O)NCc2ccnc(N3CCOCC3)c2)ccc1OCCOc1ccccc1. The van der Waals surface area contributed by atoms with E-state index >= 15 is 0 Å². The molecule has 2 aromatic carbocycles. The molecule has 184 valence electrons. The first-order valence-electron chi connectivity index (χ1n) is 11.9. The van der Waals surface area contributed by atoms with Crippen molar-refractivity contribution in [2.75, 3.05) is 51.0 Å². The first-order chi connectivity index (χ1) is 17.2. The summed E-state index contributed by atoms with van der Waals surface area (Å²) in [5.41, 5.74) is 1.49. The van der Waals surface area contributed by atoms with E-state index in [4.69, 9.17) is 18.9 Å². The monoisotopic (exact) mass is 477 g/mol. The topological polar surface area (TPSA) is 82.2 Å². The second kappa shape index (κ2) is 12.6. The molecular weight excluding hydrogens is 446 g/mol. The van der Waals surface area contributed by atoms with E-state index in [0.717, 1.165) is 30.2 Å². The average Bonchev–Trinajstić information content (AvgIpc) is 2.92. The molecule has 35 heavy (non-hydrogen) atoms. The maximum absolute atomic E-state index is 12.8. The van der Waals surface area contributed by atoms with Gasteiger partial charge in [-0.15, -0.1) is 0 Å². The van der Waals surface area contributed by atoms with Crippen LogP contribution in [-0.2, 0) is 11.3 Å². The summed E-state index contributed by atoms with van der Waals surface area (Å²) < 4.78 is 22.6. The Balaban J connectivity index is 1.32. The Hall–Kier alpha value is -3.78. The van der Waals surface area contributed by atoms with Crippen LogP contribution < -0.4 is 24.4 Å². The van der Waals surface area contributed by atoms with Crippen molar-refractivity contribution in [3.8, 4) is 17.2 Å². The molecule has 1 saturated heterocycles. The number of carbonyl (C=O) groups is 1. The van der Waals surface area contributed by atoms with Crippen LogP contribution >= 0.6 is 0 Å². The Morgan fingerprint density at radius 3 is 2.57 bits per heavy atom. The van der Waals surface area contributed by atoms with Crippen LogP contribution in [0.5, 0.6) is 17.2 Å². The fraction of sp³-hybridized carbons (Fsp3) is 0.333. The zero-order valence-corrected chi connectivity index (χ0v) is 19.9. The van der Waals surface area contributed by atoms with E-state index in [9.17, 15) is 4.79 Å². The minimum absolute atomic E-state index is 0.186. The number of hydrogen-bond donors (Lipinski definition) is 1. The largest absolute Gasteiger partial charge is 0.490 e. The van der Waals surface area contributed by atoms with E-state index in [1.54, 1.807) is 24.4 Å². The highest BCUT2D eigenvalue weighted by Gasteiger charge is 2.14. The third-order valence-corrected chi connectivity index (χ3v) is 5.46. The van der Waals surface area contributed by atoms with Gasteiger partial charge >= 0.3 is 0 Å². The molecule has 0 saturated carbocycles. The molecule has 1 fully saturated rings. The van der Waals surface area contributed by atoms with Crippen molar-refractivity contribution < 1.29 is 23.7 Å². The fourth-order valence-corrected chi connectivity index (χ4v) is 3.69. The van der Waals surface area contributed by atoms with Crippen LogP contribution in [0, 0.1) is 0 Å². The zero-order valence-electron chi connectivity index (χ0n) is 19.9. The molecule has 0 atom stereocenters. The van der Waals surface area contributed by atoms with Crippen molar-refractivity contribution in [3.63, 3.8) is 0 Å². The molecular formula is C27H31N3O5. The second-order valence-corrected chi connectivity index (χ2v) is 7.91. The summed E-state index contributed by atoms with van der Waals surface area (Å²) >= 11 is 0. The number of para-hydroxylation sites is 1. The van der Waals surface area contributed by atoms with Crippen LogP contribution in [0.2, 0.25) is 0 Å². The third-order valence-electron chi connectivity index (χ3n) is 5.46. The van der Waals surface area contributed by atoms with E-state index in [1.165, 1.54) is 0 Å². The van der Waals surface area contributed by atoms with Crippen molar-refractivity contribution in [3.05, 3.63) is 78.0 Å². The molecule has 0 radical (unpaired) electrons. The lowest BCUT2D eigenvalue weighted by Gasteiger charge is -2.28. The summed E-state index contributed by atoms with van der Waals surface area (Å²) in [6.07, 6.45) is 1.77. The van der Waals surface area contributed by atoms with Crippen LogP contribution in [0.3, 0.4) is 0 Å². The number of nitrogens with one attached hydrogen (secondary N) is 1. The number of ether oxygens (including phenoxy) is 4. The number of carbonyl (C=O) groups excluding carboxylic acids is 1. The van der Waals surface area contributed by atoms with Crippen LogP contribution in [0.25, 0.3) is 0 Å². The van der Waals surface area contributed by atoms with Gasteiger partial charge in [0, 0.05) is 31.4 Å². The molecule has 0 aliphatic carbocycles. The second-order valence-electron chi connectivity index (χ2n) is 7.91. The zero-order chi connectivity index (χ0) is 24.3. The van der Waals surface area contributed by atoms with Gasteiger partial charge in [0.25, 0.3) is 5.91 Å². The predicted molar refractivity (Wildman–Crippen MR) is 133 cm³/mol. The van der Waals surface area contributed by atoms with Gasteiger partial charge in [0.2, 0.25) is 0 Å². The minimum Gasteiger partial charge on any atom is -0.490 e. The maximum Gasteiger partial charge on any atom is 0.251 e. The molecule has 8 heteroatoms. The Bertz CT molecular complexity index is 1090. The lowest BCUT2D eigenvalue weighted by atomic mass is 10.1. The lowest BCUT2D eigenvalue weighted by Crippen LogP contribution is -2.36. The molecule has 3 aromatic rings. The summed E-state index contributed by atoms with van der Waals surface area (Å²) in [7, 11) is 0. The normalized spacial score (nSPS) is 13.2. The van der Waals surface area contributed by atoms with Crippen molar-refractivity contribution >= 4 is 11.7 Å². The van der Waals surface area contributed by atoms with Gasteiger partial charge in [-0.1, -0.05) is 18.2 Å². The summed E-state index contributed by atoms with van der Waals surface area (Å²) in [5.74, 6) is 2.60. The van der Waals surface area contributed by atoms with Gasteiger partial charge < -0.3 is 29.2 Å². The Morgan fingerprint density at radius 2 is 1.77 bits per heavy atom. The smallest absolute Gasteiger partial charge is 0.251 e.